The van der Waals surface area contributed by atoms with Gasteiger partial charge < -0.3 is 10.0 Å². The lowest BCUT2D eigenvalue weighted by atomic mass is 9.99. The van der Waals surface area contributed by atoms with Gasteiger partial charge in [-0.05, 0) is 31.7 Å². The van der Waals surface area contributed by atoms with E-state index in [-0.39, 0.29) is 23.2 Å². The molecule has 1 aromatic heterocycles. The van der Waals surface area contributed by atoms with Crippen LogP contribution >= 0.6 is 11.3 Å². The summed E-state index contributed by atoms with van der Waals surface area (Å²) in [6, 6.07) is 1.47. The molecule has 0 saturated carbocycles. The molecule has 1 amide bonds. The molecule has 3 heterocycles. The summed E-state index contributed by atoms with van der Waals surface area (Å²) < 4.78 is 27.1. The van der Waals surface area contributed by atoms with E-state index in [1.165, 1.54) is 10.4 Å². The predicted octanol–water partition coefficient (Wildman–Crippen LogP) is 2.25. The van der Waals surface area contributed by atoms with E-state index in [4.69, 9.17) is 5.11 Å². The van der Waals surface area contributed by atoms with Gasteiger partial charge in [0.2, 0.25) is 0 Å². The minimum Gasteiger partial charge on any atom is -0.481 e. The van der Waals surface area contributed by atoms with Gasteiger partial charge >= 0.3 is 5.97 Å². The van der Waals surface area contributed by atoms with Gasteiger partial charge in [0.15, 0.2) is 0 Å². The first-order valence-electron chi connectivity index (χ1n) is 9.00. The molecule has 2 fully saturated rings. The van der Waals surface area contributed by atoms with Crippen molar-refractivity contribution in [1.29, 1.82) is 0 Å². The van der Waals surface area contributed by atoms with Crippen molar-refractivity contribution in [2.45, 2.75) is 42.7 Å². The minimum atomic E-state index is -3.67. The number of likely N-dealkylation sites (tertiary alicyclic amines) is 1. The molecule has 0 spiro atoms. The van der Waals surface area contributed by atoms with Crippen LogP contribution in [0.4, 0.5) is 0 Å². The molecule has 0 bridgehead atoms. The van der Waals surface area contributed by atoms with Gasteiger partial charge in [0.1, 0.15) is 4.21 Å². The summed E-state index contributed by atoms with van der Waals surface area (Å²) in [4.78, 5) is 25.5. The lowest BCUT2D eigenvalue weighted by Gasteiger charge is -2.28. The fraction of sp³-hybridized carbons (Fsp3) is 0.647. The van der Waals surface area contributed by atoms with Gasteiger partial charge in [0.05, 0.1) is 11.5 Å². The number of hydrogen-bond donors (Lipinski definition) is 1. The van der Waals surface area contributed by atoms with E-state index >= 15 is 0 Å². The molecule has 3 rings (SSSR count). The normalized spacial score (nSPS) is 20.7. The number of rotatable bonds is 4. The van der Waals surface area contributed by atoms with Gasteiger partial charge in [-0.15, -0.1) is 11.3 Å². The number of nitrogens with zero attached hydrogens (tertiary/aromatic N) is 2. The van der Waals surface area contributed by atoms with E-state index in [1.807, 2.05) is 4.90 Å². The number of sulfonamides is 1. The summed E-state index contributed by atoms with van der Waals surface area (Å²) >= 11 is 1.06. The predicted molar refractivity (Wildman–Crippen MR) is 97.8 cm³/mol. The molecule has 0 unspecified atom stereocenters. The number of amides is 1. The number of carbonyl (C=O) groups excluding carboxylic acids is 1. The number of carboxylic acid groups (broad SMARTS) is 1. The van der Waals surface area contributed by atoms with Crippen LogP contribution in [0.3, 0.4) is 0 Å². The topological polar surface area (TPSA) is 95.0 Å². The number of piperidine rings is 1. The van der Waals surface area contributed by atoms with Gasteiger partial charge in [-0.25, -0.2) is 8.42 Å². The average Bonchev–Trinajstić information content (AvgIpc) is 2.98. The molecule has 7 nitrogen and oxygen atoms in total. The smallest absolute Gasteiger partial charge is 0.306 e. The first-order valence-corrected chi connectivity index (χ1v) is 11.3. The number of carboxylic acids is 1. The first-order chi connectivity index (χ1) is 12.4. The third-order valence-electron chi connectivity index (χ3n) is 5.11. The van der Waals surface area contributed by atoms with Crippen LogP contribution in [0, 0.1) is 5.92 Å². The summed E-state index contributed by atoms with van der Waals surface area (Å²) in [5.41, 5.74) is 0.427. The van der Waals surface area contributed by atoms with Crippen molar-refractivity contribution < 1.29 is 23.1 Å². The Morgan fingerprint density at radius 1 is 1.04 bits per heavy atom. The Morgan fingerprint density at radius 3 is 2.23 bits per heavy atom. The highest BCUT2D eigenvalue weighted by molar-refractivity contribution is 7.91. The molecule has 0 radical (unpaired) electrons. The van der Waals surface area contributed by atoms with Crippen LogP contribution in [0.5, 0.6) is 0 Å². The van der Waals surface area contributed by atoms with Crippen molar-refractivity contribution in [3.05, 3.63) is 17.0 Å². The second-order valence-electron chi connectivity index (χ2n) is 6.88. The number of thiophene rings is 1. The first kappa shape index (κ1) is 19.3. The van der Waals surface area contributed by atoms with E-state index in [2.05, 4.69) is 0 Å². The van der Waals surface area contributed by atoms with Crippen molar-refractivity contribution in [2.24, 2.45) is 5.92 Å². The zero-order valence-corrected chi connectivity index (χ0v) is 16.2. The van der Waals surface area contributed by atoms with Crippen molar-refractivity contribution >= 4 is 33.2 Å². The maximum Gasteiger partial charge on any atom is 0.306 e. The largest absolute Gasteiger partial charge is 0.481 e. The van der Waals surface area contributed by atoms with E-state index in [0.29, 0.717) is 18.4 Å². The Kier molecular flexibility index (Phi) is 5.99. The molecule has 0 atom stereocenters. The molecule has 2 saturated heterocycles. The van der Waals surface area contributed by atoms with Gasteiger partial charge in [-0.1, -0.05) is 12.8 Å². The summed E-state index contributed by atoms with van der Waals surface area (Å²) in [5.74, 6) is -1.46. The molecule has 0 aliphatic carbocycles. The molecule has 0 aromatic carbocycles. The molecule has 144 valence electrons. The second kappa shape index (κ2) is 8.06. The summed E-state index contributed by atoms with van der Waals surface area (Å²) in [7, 11) is -3.67. The maximum absolute atomic E-state index is 12.8. The summed E-state index contributed by atoms with van der Waals surface area (Å²) in [5, 5.41) is 10.7. The second-order valence-corrected chi connectivity index (χ2v) is 9.95. The van der Waals surface area contributed by atoms with Crippen LogP contribution in [0.15, 0.2) is 15.7 Å². The van der Waals surface area contributed by atoms with Gasteiger partial charge in [0.25, 0.3) is 15.9 Å². The van der Waals surface area contributed by atoms with Gasteiger partial charge in [-0.3, -0.25) is 9.59 Å². The molecule has 2 aliphatic heterocycles. The monoisotopic (exact) mass is 400 g/mol. The van der Waals surface area contributed by atoms with Crippen LogP contribution < -0.4 is 0 Å². The van der Waals surface area contributed by atoms with Crippen LogP contribution in [0.1, 0.15) is 48.9 Å². The molecular formula is C17H24N2O5S2. The molecule has 1 aromatic rings. The van der Waals surface area contributed by atoms with Crippen LogP contribution in [-0.4, -0.2) is 60.8 Å². The highest BCUT2D eigenvalue weighted by Crippen LogP contribution is 2.28. The van der Waals surface area contributed by atoms with Crippen molar-refractivity contribution in [2.75, 3.05) is 26.2 Å². The van der Waals surface area contributed by atoms with Crippen molar-refractivity contribution in [3.8, 4) is 0 Å². The molecular weight excluding hydrogens is 376 g/mol. The lowest BCUT2D eigenvalue weighted by molar-refractivity contribution is -0.142. The van der Waals surface area contributed by atoms with Crippen LogP contribution in [0.2, 0.25) is 0 Å². The fourth-order valence-corrected chi connectivity index (χ4v) is 6.27. The van der Waals surface area contributed by atoms with E-state index in [0.717, 1.165) is 50.1 Å². The van der Waals surface area contributed by atoms with Crippen molar-refractivity contribution in [1.82, 2.24) is 9.21 Å². The van der Waals surface area contributed by atoms with E-state index in [1.54, 1.807) is 5.38 Å². The standard InChI is InChI=1S/C17H24N2O5S2/c20-16(18-7-3-1-2-4-8-18)14-11-15(25-12-14)26(23,24)19-9-5-13(6-10-19)17(21)22/h11-13H,1-10H2,(H,21,22). The van der Waals surface area contributed by atoms with Gasteiger partial charge in [0, 0.05) is 31.6 Å². The highest BCUT2D eigenvalue weighted by Gasteiger charge is 2.33. The Hall–Kier alpha value is -1.45. The van der Waals surface area contributed by atoms with Gasteiger partial charge in [-0.2, -0.15) is 4.31 Å². The zero-order chi connectivity index (χ0) is 18.7. The fourth-order valence-electron chi connectivity index (χ4n) is 3.49. The van der Waals surface area contributed by atoms with Crippen LogP contribution in [0.25, 0.3) is 0 Å². The SMILES string of the molecule is O=C(O)C1CCN(S(=O)(=O)c2cc(C(=O)N3CCCCCC3)cs2)CC1. The minimum absolute atomic E-state index is 0.103. The average molecular weight is 401 g/mol. The Bertz CT molecular complexity index is 758. The third-order valence-corrected chi connectivity index (χ3v) is 8.43. The number of carbonyl (C=O) groups is 2. The Labute approximate surface area is 157 Å². The number of aliphatic carboxylic acids is 1. The quantitative estimate of drug-likeness (QED) is 0.836. The Morgan fingerprint density at radius 2 is 1.65 bits per heavy atom. The molecule has 26 heavy (non-hydrogen) atoms. The molecule has 2 aliphatic rings. The molecule has 9 heteroatoms. The van der Waals surface area contributed by atoms with Crippen molar-refractivity contribution in [3.63, 3.8) is 0 Å². The maximum atomic E-state index is 12.8. The van der Waals surface area contributed by atoms with E-state index in [9.17, 15) is 18.0 Å². The Balaban J connectivity index is 1.70. The summed E-state index contributed by atoms with van der Waals surface area (Å²) in [6.45, 7) is 1.85. The summed E-state index contributed by atoms with van der Waals surface area (Å²) in [6.07, 6.45) is 4.86. The van der Waals surface area contributed by atoms with E-state index < -0.39 is 21.9 Å². The zero-order valence-electron chi connectivity index (χ0n) is 14.6. The van der Waals surface area contributed by atoms with Crippen LogP contribution in [-0.2, 0) is 14.8 Å². The third kappa shape index (κ3) is 4.10. The number of hydrogen-bond acceptors (Lipinski definition) is 5. The lowest BCUT2D eigenvalue weighted by Crippen LogP contribution is -2.39. The molecule has 1 N–H and O–H groups in total. The highest BCUT2D eigenvalue weighted by atomic mass is 32.2.